The Hall–Kier alpha value is -2.81. The summed E-state index contributed by atoms with van der Waals surface area (Å²) in [5, 5.41) is 13.2. The normalized spacial score (nSPS) is 16.2. The van der Waals surface area contributed by atoms with Gasteiger partial charge in [0.05, 0.1) is 6.07 Å². The highest BCUT2D eigenvalue weighted by Crippen LogP contribution is 2.50. The van der Waals surface area contributed by atoms with Gasteiger partial charge < -0.3 is 0 Å². The van der Waals surface area contributed by atoms with Crippen LogP contribution < -0.4 is 15.9 Å². The molecule has 4 rings (SSSR count). The molecule has 0 fully saturated rings. The third kappa shape index (κ3) is 2.16. The van der Waals surface area contributed by atoms with Crippen molar-refractivity contribution in [2.24, 2.45) is 0 Å². The van der Waals surface area contributed by atoms with Gasteiger partial charge in [-0.1, -0.05) is 84.9 Å². The molecule has 3 aromatic carbocycles. The molecule has 0 bridgehead atoms. The lowest BCUT2D eigenvalue weighted by atomic mass is 10.1. The van der Waals surface area contributed by atoms with Gasteiger partial charge in [-0.25, -0.2) is 0 Å². The quantitative estimate of drug-likeness (QED) is 0.520. The SMILES string of the molecule is N#CC=C1C=P(c2ccccc2)(c2ccccc2)c2ccccc21. The first kappa shape index (κ1) is 14.8. The van der Waals surface area contributed by atoms with Gasteiger partial charge in [0.25, 0.3) is 0 Å². The van der Waals surface area contributed by atoms with Crippen molar-refractivity contribution in [3.05, 3.63) is 96.6 Å². The smallest absolute Gasteiger partial charge is 0.0918 e. The van der Waals surface area contributed by atoms with E-state index in [0.29, 0.717) is 0 Å². The fraction of sp³-hybridized carbons (Fsp3) is 0. The Bertz CT molecular complexity index is 965. The van der Waals surface area contributed by atoms with Gasteiger partial charge in [-0.15, -0.1) is 0 Å². The van der Waals surface area contributed by atoms with Crippen LogP contribution in [0.4, 0.5) is 0 Å². The Labute approximate surface area is 142 Å². The third-order valence-electron chi connectivity index (χ3n) is 4.47. The lowest BCUT2D eigenvalue weighted by Crippen LogP contribution is -2.25. The Balaban J connectivity index is 2.15. The molecule has 0 amide bonds. The number of fused-ring (bicyclic) bond motifs is 1. The zero-order valence-electron chi connectivity index (χ0n) is 13.1. The summed E-state index contributed by atoms with van der Waals surface area (Å²) in [6.07, 6.45) is 1.67. The topological polar surface area (TPSA) is 23.8 Å². The van der Waals surface area contributed by atoms with Crippen LogP contribution in [0.3, 0.4) is 0 Å². The molecule has 0 aliphatic carbocycles. The van der Waals surface area contributed by atoms with E-state index in [-0.39, 0.29) is 0 Å². The summed E-state index contributed by atoms with van der Waals surface area (Å²) in [6, 6.07) is 32.1. The molecule has 0 unspecified atom stereocenters. The number of benzene rings is 3. The molecule has 1 heterocycles. The van der Waals surface area contributed by atoms with Gasteiger partial charge in [0.2, 0.25) is 0 Å². The third-order valence-corrected chi connectivity index (χ3v) is 8.52. The molecule has 24 heavy (non-hydrogen) atoms. The molecule has 0 atom stereocenters. The first-order valence-electron chi connectivity index (χ1n) is 7.92. The van der Waals surface area contributed by atoms with Crippen LogP contribution in [0.1, 0.15) is 5.56 Å². The van der Waals surface area contributed by atoms with Gasteiger partial charge >= 0.3 is 0 Å². The zero-order chi connectivity index (χ0) is 16.4. The van der Waals surface area contributed by atoms with E-state index in [2.05, 4.69) is 90.7 Å². The van der Waals surface area contributed by atoms with E-state index in [1.165, 1.54) is 21.5 Å². The lowest BCUT2D eigenvalue weighted by Gasteiger charge is -2.25. The summed E-state index contributed by atoms with van der Waals surface area (Å²) in [7, 11) is 0. The molecule has 0 saturated carbocycles. The predicted molar refractivity (Wildman–Crippen MR) is 105 cm³/mol. The molecule has 0 aromatic heterocycles. The van der Waals surface area contributed by atoms with Crippen molar-refractivity contribution in [1.82, 2.24) is 0 Å². The van der Waals surface area contributed by atoms with Crippen molar-refractivity contribution in [2.45, 2.75) is 0 Å². The summed E-state index contributed by atoms with van der Waals surface area (Å²) in [5.74, 6) is 2.34. The van der Waals surface area contributed by atoms with Gasteiger partial charge in [0.15, 0.2) is 0 Å². The largest absolute Gasteiger partial charge is 0.193 e. The fourth-order valence-corrected chi connectivity index (χ4v) is 7.57. The van der Waals surface area contributed by atoms with E-state index in [0.717, 1.165) is 5.57 Å². The summed E-state index contributed by atoms with van der Waals surface area (Å²) in [4.78, 5) is 0. The first-order valence-corrected chi connectivity index (χ1v) is 9.78. The highest BCUT2D eigenvalue weighted by molar-refractivity contribution is 7.95. The average molecular weight is 325 g/mol. The summed E-state index contributed by atoms with van der Waals surface area (Å²) in [5.41, 5.74) is 2.22. The second kappa shape index (κ2) is 6.00. The minimum Gasteiger partial charge on any atom is -0.193 e. The highest BCUT2D eigenvalue weighted by Gasteiger charge is 2.32. The van der Waals surface area contributed by atoms with Crippen molar-refractivity contribution < 1.29 is 0 Å². The average Bonchev–Trinajstić information content (AvgIpc) is 2.99. The monoisotopic (exact) mass is 325 g/mol. The van der Waals surface area contributed by atoms with Crippen LogP contribution >= 0.6 is 6.89 Å². The van der Waals surface area contributed by atoms with Crippen LogP contribution in [0, 0.1) is 11.3 Å². The van der Waals surface area contributed by atoms with Crippen molar-refractivity contribution in [2.75, 3.05) is 0 Å². The highest BCUT2D eigenvalue weighted by atomic mass is 31.2. The summed E-state index contributed by atoms with van der Waals surface area (Å²) in [6.45, 7) is -1.87. The molecule has 0 radical (unpaired) electrons. The van der Waals surface area contributed by atoms with Crippen molar-refractivity contribution in [3.8, 4) is 6.07 Å². The van der Waals surface area contributed by atoms with Crippen LogP contribution in [0.2, 0.25) is 0 Å². The molecule has 1 nitrogen and oxygen atoms in total. The van der Waals surface area contributed by atoms with E-state index in [1.807, 2.05) is 6.07 Å². The van der Waals surface area contributed by atoms with E-state index < -0.39 is 6.89 Å². The number of nitrogens with zero attached hydrogens (tertiary/aromatic N) is 1. The summed E-state index contributed by atoms with van der Waals surface area (Å²) < 4.78 is 0. The molecule has 1 aliphatic heterocycles. The first-order chi connectivity index (χ1) is 11.9. The molecular weight excluding hydrogens is 309 g/mol. The van der Waals surface area contributed by atoms with Crippen LogP contribution in [-0.4, -0.2) is 5.80 Å². The number of rotatable bonds is 2. The van der Waals surface area contributed by atoms with Gasteiger partial charge in [-0.2, -0.15) is 5.26 Å². The van der Waals surface area contributed by atoms with Crippen LogP contribution in [0.15, 0.2) is 91.0 Å². The Morgan fingerprint density at radius 2 is 1.25 bits per heavy atom. The van der Waals surface area contributed by atoms with E-state index in [9.17, 15) is 5.26 Å². The maximum atomic E-state index is 9.23. The van der Waals surface area contributed by atoms with Crippen molar-refractivity contribution >= 4 is 34.2 Å². The number of nitriles is 1. The van der Waals surface area contributed by atoms with Crippen molar-refractivity contribution in [3.63, 3.8) is 0 Å². The van der Waals surface area contributed by atoms with Gasteiger partial charge in [0, 0.05) is 6.08 Å². The molecule has 0 spiro atoms. The molecule has 3 aromatic rings. The molecule has 2 heteroatoms. The van der Waals surface area contributed by atoms with Gasteiger partial charge in [0.1, 0.15) is 0 Å². The molecule has 1 aliphatic rings. The van der Waals surface area contributed by atoms with Crippen LogP contribution in [-0.2, 0) is 0 Å². The molecule has 0 saturated heterocycles. The predicted octanol–water partition coefficient (Wildman–Crippen LogP) is 3.70. The fourth-order valence-electron chi connectivity index (χ4n) is 3.46. The minimum absolute atomic E-state index is 1.04. The molecular formula is C22H16NP. The van der Waals surface area contributed by atoms with Crippen LogP contribution in [0.25, 0.3) is 5.57 Å². The van der Waals surface area contributed by atoms with Crippen molar-refractivity contribution in [1.29, 1.82) is 5.26 Å². The lowest BCUT2D eigenvalue weighted by molar-refractivity contribution is 1.53. The van der Waals surface area contributed by atoms with E-state index in [1.54, 1.807) is 6.08 Å². The Morgan fingerprint density at radius 1 is 0.708 bits per heavy atom. The van der Waals surface area contributed by atoms with E-state index >= 15 is 0 Å². The number of allylic oxidation sites excluding steroid dienone is 2. The minimum atomic E-state index is -1.87. The second-order valence-electron chi connectivity index (χ2n) is 5.77. The number of hydrogen-bond donors (Lipinski definition) is 0. The second-order valence-corrected chi connectivity index (χ2v) is 8.99. The van der Waals surface area contributed by atoms with Gasteiger partial charge in [-0.05, 0) is 39.7 Å². The Kier molecular flexibility index (Phi) is 3.69. The molecule has 0 N–H and O–H groups in total. The van der Waals surface area contributed by atoms with Crippen LogP contribution in [0.5, 0.6) is 0 Å². The van der Waals surface area contributed by atoms with E-state index in [4.69, 9.17) is 0 Å². The molecule has 114 valence electrons. The maximum Gasteiger partial charge on any atom is 0.0918 e. The standard InChI is InChI=1S/C22H16NP/c23-16-15-18-17-24(19-9-3-1-4-10-19,20-11-5-2-6-12-20)22-14-8-7-13-21(18)22/h1-15,17H. The number of hydrogen-bond acceptors (Lipinski definition) is 1. The zero-order valence-corrected chi connectivity index (χ0v) is 14.0. The summed E-state index contributed by atoms with van der Waals surface area (Å²) >= 11 is 0. The Morgan fingerprint density at radius 3 is 1.83 bits per heavy atom. The maximum absolute atomic E-state index is 9.23. The van der Waals surface area contributed by atoms with Gasteiger partial charge in [-0.3, -0.25) is 0 Å².